The largest absolute Gasteiger partial charge is 0.468 e. The lowest BCUT2D eigenvalue weighted by atomic mass is 9.88. The Morgan fingerprint density at radius 2 is 1.52 bits per heavy atom. The van der Waals surface area contributed by atoms with Crippen LogP contribution in [0.4, 0.5) is 0 Å². The second kappa shape index (κ2) is 7.04. The van der Waals surface area contributed by atoms with Crippen LogP contribution in [0.3, 0.4) is 0 Å². The van der Waals surface area contributed by atoms with Gasteiger partial charge in [-0.25, -0.2) is 0 Å². The van der Waals surface area contributed by atoms with Gasteiger partial charge in [0.15, 0.2) is 0 Å². The van der Waals surface area contributed by atoms with Crippen LogP contribution in [0, 0.1) is 6.92 Å². The lowest BCUT2D eigenvalue weighted by molar-refractivity contribution is -0.146. The molecule has 21 heavy (non-hydrogen) atoms. The number of benzene rings is 2. The number of aryl methyl sites for hydroxylation is 1. The van der Waals surface area contributed by atoms with Gasteiger partial charge in [-0.15, -0.1) is 0 Å². The number of methoxy groups -OCH3 is 2. The highest BCUT2D eigenvalue weighted by molar-refractivity contribution is 5.79. The number of hydrogen-bond acceptors (Lipinski definition) is 3. The van der Waals surface area contributed by atoms with E-state index < -0.39 is 5.92 Å². The van der Waals surface area contributed by atoms with Crippen molar-refractivity contribution in [2.24, 2.45) is 0 Å². The number of ether oxygens (including phenoxy) is 2. The van der Waals surface area contributed by atoms with Gasteiger partial charge in [-0.2, -0.15) is 0 Å². The maximum Gasteiger partial charge on any atom is 0.316 e. The fraction of sp³-hybridized carbons (Fsp3) is 0.278. The van der Waals surface area contributed by atoms with Crippen LogP contribution in [0.5, 0.6) is 0 Å². The Bertz CT molecular complexity index is 575. The summed E-state index contributed by atoms with van der Waals surface area (Å²) in [6.45, 7) is 2.02. The molecule has 2 rings (SSSR count). The summed E-state index contributed by atoms with van der Waals surface area (Å²) in [5.74, 6) is -0.780. The molecular formula is C18H20O3. The van der Waals surface area contributed by atoms with Crippen LogP contribution < -0.4 is 0 Å². The molecule has 0 saturated carbocycles. The zero-order chi connectivity index (χ0) is 15.2. The van der Waals surface area contributed by atoms with Crippen LogP contribution in [-0.4, -0.2) is 20.2 Å². The zero-order valence-electron chi connectivity index (χ0n) is 12.6. The van der Waals surface area contributed by atoms with Gasteiger partial charge in [0, 0.05) is 7.11 Å². The SMILES string of the molecule is COC(=O)[C@H](c1ccc(C)cc1)[C@@H](OC)c1ccccc1. The van der Waals surface area contributed by atoms with Crippen molar-refractivity contribution in [3.8, 4) is 0 Å². The average Bonchev–Trinajstić information content (AvgIpc) is 2.54. The Morgan fingerprint density at radius 1 is 0.905 bits per heavy atom. The van der Waals surface area contributed by atoms with Gasteiger partial charge in [0.25, 0.3) is 0 Å². The van der Waals surface area contributed by atoms with Crippen molar-refractivity contribution >= 4 is 5.97 Å². The molecule has 2 atom stereocenters. The van der Waals surface area contributed by atoms with Gasteiger partial charge < -0.3 is 9.47 Å². The minimum Gasteiger partial charge on any atom is -0.468 e. The van der Waals surface area contributed by atoms with Crippen LogP contribution in [0.1, 0.15) is 28.7 Å². The number of rotatable bonds is 5. The Balaban J connectivity index is 2.43. The summed E-state index contributed by atoms with van der Waals surface area (Å²) in [4.78, 5) is 12.3. The van der Waals surface area contributed by atoms with Gasteiger partial charge in [-0.05, 0) is 18.1 Å². The Hall–Kier alpha value is -2.13. The zero-order valence-corrected chi connectivity index (χ0v) is 12.6. The summed E-state index contributed by atoms with van der Waals surface area (Å²) in [5.41, 5.74) is 3.00. The van der Waals surface area contributed by atoms with Crippen LogP contribution in [0.25, 0.3) is 0 Å². The topological polar surface area (TPSA) is 35.5 Å². The molecule has 2 aromatic carbocycles. The number of carbonyl (C=O) groups excluding carboxylic acids is 1. The molecule has 0 N–H and O–H groups in total. The van der Waals surface area contributed by atoms with E-state index in [2.05, 4.69) is 0 Å². The molecule has 0 unspecified atom stereocenters. The third kappa shape index (κ3) is 3.50. The van der Waals surface area contributed by atoms with Crippen LogP contribution in [0.15, 0.2) is 54.6 Å². The van der Waals surface area contributed by atoms with Gasteiger partial charge in [0.1, 0.15) is 5.92 Å². The molecule has 0 aromatic heterocycles. The second-order valence-electron chi connectivity index (χ2n) is 4.98. The molecule has 3 heteroatoms. The number of hydrogen-bond donors (Lipinski definition) is 0. The molecule has 0 aliphatic heterocycles. The molecule has 0 spiro atoms. The predicted molar refractivity (Wildman–Crippen MR) is 82.1 cm³/mol. The Morgan fingerprint density at radius 3 is 2.05 bits per heavy atom. The summed E-state index contributed by atoms with van der Waals surface area (Å²) < 4.78 is 10.6. The highest BCUT2D eigenvalue weighted by Gasteiger charge is 2.32. The van der Waals surface area contributed by atoms with E-state index in [0.29, 0.717) is 0 Å². The van der Waals surface area contributed by atoms with Crippen molar-refractivity contribution in [3.63, 3.8) is 0 Å². The fourth-order valence-corrected chi connectivity index (χ4v) is 2.44. The first-order valence-corrected chi connectivity index (χ1v) is 6.89. The molecular weight excluding hydrogens is 264 g/mol. The van der Waals surface area contributed by atoms with Crippen molar-refractivity contribution in [2.45, 2.75) is 18.9 Å². The highest BCUT2D eigenvalue weighted by Crippen LogP contribution is 2.34. The van der Waals surface area contributed by atoms with Crippen molar-refractivity contribution < 1.29 is 14.3 Å². The van der Waals surface area contributed by atoms with E-state index in [1.165, 1.54) is 7.11 Å². The van der Waals surface area contributed by atoms with E-state index >= 15 is 0 Å². The molecule has 0 aliphatic carbocycles. The summed E-state index contributed by atoms with van der Waals surface area (Å²) in [5, 5.41) is 0. The van der Waals surface area contributed by atoms with E-state index in [1.807, 2.05) is 61.5 Å². The lowest BCUT2D eigenvalue weighted by Gasteiger charge is -2.25. The summed E-state index contributed by atoms with van der Waals surface area (Å²) in [6.07, 6.45) is -0.374. The molecule has 0 radical (unpaired) electrons. The van der Waals surface area contributed by atoms with Gasteiger partial charge in [0.2, 0.25) is 0 Å². The second-order valence-corrected chi connectivity index (χ2v) is 4.98. The van der Waals surface area contributed by atoms with Gasteiger partial charge in [-0.1, -0.05) is 60.2 Å². The van der Waals surface area contributed by atoms with Crippen LogP contribution >= 0.6 is 0 Å². The van der Waals surface area contributed by atoms with E-state index in [0.717, 1.165) is 16.7 Å². The standard InChI is InChI=1S/C18H20O3/c1-13-9-11-14(12-10-13)16(18(19)21-3)17(20-2)15-7-5-4-6-8-15/h4-12,16-17H,1-3H3/t16-,17+/m1/s1. The fourth-order valence-electron chi connectivity index (χ4n) is 2.44. The van der Waals surface area contributed by atoms with E-state index in [4.69, 9.17) is 9.47 Å². The van der Waals surface area contributed by atoms with Crippen molar-refractivity contribution in [1.29, 1.82) is 0 Å². The molecule has 0 saturated heterocycles. The molecule has 0 aliphatic rings. The molecule has 0 heterocycles. The summed E-state index contributed by atoms with van der Waals surface area (Å²) in [6, 6.07) is 17.6. The van der Waals surface area contributed by atoms with E-state index in [1.54, 1.807) is 7.11 Å². The number of esters is 1. The maximum atomic E-state index is 12.3. The van der Waals surface area contributed by atoms with Crippen molar-refractivity contribution in [1.82, 2.24) is 0 Å². The molecule has 110 valence electrons. The van der Waals surface area contributed by atoms with Crippen molar-refractivity contribution in [3.05, 3.63) is 71.3 Å². The van der Waals surface area contributed by atoms with Crippen molar-refractivity contribution in [2.75, 3.05) is 14.2 Å². The van der Waals surface area contributed by atoms with Gasteiger partial charge in [0.05, 0.1) is 13.2 Å². The Kier molecular flexibility index (Phi) is 5.12. The third-order valence-corrected chi connectivity index (χ3v) is 3.58. The first kappa shape index (κ1) is 15.3. The van der Waals surface area contributed by atoms with Crippen LogP contribution in [-0.2, 0) is 14.3 Å². The maximum absolute atomic E-state index is 12.3. The summed E-state index contributed by atoms with van der Waals surface area (Å²) in [7, 11) is 3.02. The molecule has 0 amide bonds. The lowest BCUT2D eigenvalue weighted by Crippen LogP contribution is -2.23. The smallest absolute Gasteiger partial charge is 0.316 e. The first-order chi connectivity index (χ1) is 10.2. The van der Waals surface area contributed by atoms with E-state index in [9.17, 15) is 4.79 Å². The molecule has 0 fully saturated rings. The Labute approximate surface area is 125 Å². The molecule has 2 aromatic rings. The van der Waals surface area contributed by atoms with E-state index in [-0.39, 0.29) is 12.1 Å². The monoisotopic (exact) mass is 284 g/mol. The predicted octanol–water partition coefficient (Wildman–Crippen LogP) is 3.64. The van der Waals surface area contributed by atoms with Crippen LogP contribution in [0.2, 0.25) is 0 Å². The quantitative estimate of drug-likeness (QED) is 0.786. The minimum absolute atomic E-state index is 0.297. The van der Waals surface area contributed by atoms with Gasteiger partial charge >= 0.3 is 5.97 Å². The first-order valence-electron chi connectivity index (χ1n) is 6.89. The molecule has 0 bridgehead atoms. The molecule has 3 nitrogen and oxygen atoms in total. The average molecular weight is 284 g/mol. The van der Waals surface area contributed by atoms with Gasteiger partial charge in [-0.3, -0.25) is 4.79 Å². The number of carbonyl (C=O) groups is 1. The minimum atomic E-state index is -0.483. The highest BCUT2D eigenvalue weighted by atomic mass is 16.5. The third-order valence-electron chi connectivity index (χ3n) is 3.58. The normalized spacial score (nSPS) is 13.5. The summed E-state index contributed by atoms with van der Waals surface area (Å²) >= 11 is 0.